The van der Waals surface area contributed by atoms with Crippen molar-refractivity contribution in [3.05, 3.63) is 70.6 Å². The van der Waals surface area contributed by atoms with Crippen molar-refractivity contribution in [1.82, 2.24) is 0 Å². The van der Waals surface area contributed by atoms with Gasteiger partial charge in [-0.1, -0.05) is 66.6 Å². The SMILES string of the molecule is C[C@H](Cc1ccc(-c2ccccc2)cc1)N=[N+]=[N-]. The second-order valence-electron chi connectivity index (χ2n) is 4.32. The van der Waals surface area contributed by atoms with Crippen LogP contribution in [0.5, 0.6) is 0 Å². The van der Waals surface area contributed by atoms with E-state index >= 15 is 0 Å². The Hall–Kier alpha value is -2.25. The molecule has 0 aliphatic carbocycles. The predicted molar refractivity (Wildman–Crippen MR) is 74.2 cm³/mol. The smallest absolute Gasteiger partial charge is 0.0386 e. The van der Waals surface area contributed by atoms with Crippen LogP contribution in [0, 0.1) is 0 Å². The van der Waals surface area contributed by atoms with Crippen LogP contribution in [0.15, 0.2) is 59.7 Å². The zero-order valence-corrected chi connectivity index (χ0v) is 10.3. The van der Waals surface area contributed by atoms with Crippen LogP contribution in [0.1, 0.15) is 12.5 Å². The first-order chi connectivity index (χ1) is 8.79. The summed E-state index contributed by atoms with van der Waals surface area (Å²) in [5, 5.41) is 3.68. The van der Waals surface area contributed by atoms with Crippen molar-refractivity contribution in [1.29, 1.82) is 0 Å². The number of benzene rings is 2. The molecule has 1 atom stereocenters. The molecule has 0 unspecified atom stereocenters. The first-order valence-corrected chi connectivity index (χ1v) is 5.98. The second kappa shape index (κ2) is 5.89. The van der Waals surface area contributed by atoms with Crippen molar-refractivity contribution >= 4 is 0 Å². The Kier molecular flexibility index (Phi) is 4.00. The third-order valence-electron chi connectivity index (χ3n) is 2.84. The molecule has 3 heteroatoms. The molecule has 3 nitrogen and oxygen atoms in total. The molecule has 2 aromatic rings. The van der Waals surface area contributed by atoms with E-state index in [0.717, 1.165) is 6.42 Å². The number of nitrogens with zero attached hydrogens (tertiary/aromatic N) is 3. The summed E-state index contributed by atoms with van der Waals surface area (Å²) in [7, 11) is 0. The lowest BCUT2D eigenvalue weighted by Crippen LogP contribution is -2.01. The van der Waals surface area contributed by atoms with Crippen molar-refractivity contribution in [2.75, 3.05) is 0 Å². The standard InChI is InChI=1S/C15H15N3/c1-12(17-18-16)11-13-7-9-15(10-8-13)14-5-3-2-4-6-14/h2-10,12H,11H2,1H3/t12-/m1/s1. The van der Waals surface area contributed by atoms with Crippen LogP contribution in [0.2, 0.25) is 0 Å². The van der Waals surface area contributed by atoms with Crippen LogP contribution >= 0.6 is 0 Å². The van der Waals surface area contributed by atoms with Gasteiger partial charge in [-0.05, 0) is 28.6 Å². The van der Waals surface area contributed by atoms with E-state index in [2.05, 4.69) is 46.4 Å². The molecular weight excluding hydrogens is 222 g/mol. The van der Waals surface area contributed by atoms with Gasteiger partial charge in [0.2, 0.25) is 0 Å². The average molecular weight is 237 g/mol. The van der Waals surface area contributed by atoms with E-state index in [1.807, 2.05) is 25.1 Å². The zero-order chi connectivity index (χ0) is 12.8. The lowest BCUT2D eigenvalue weighted by atomic mass is 10.0. The molecule has 0 saturated carbocycles. The van der Waals surface area contributed by atoms with Gasteiger partial charge in [-0.3, -0.25) is 0 Å². The van der Waals surface area contributed by atoms with Crippen LogP contribution in [0.3, 0.4) is 0 Å². The van der Waals surface area contributed by atoms with E-state index in [1.165, 1.54) is 16.7 Å². The van der Waals surface area contributed by atoms with Gasteiger partial charge in [-0.25, -0.2) is 0 Å². The monoisotopic (exact) mass is 237 g/mol. The minimum absolute atomic E-state index is 0.00225. The Morgan fingerprint density at radius 1 is 1.00 bits per heavy atom. The Balaban J connectivity index is 2.13. The minimum atomic E-state index is -0.00225. The summed E-state index contributed by atoms with van der Waals surface area (Å²) in [6.07, 6.45) is 0.777. The highest BCUT2D eigenvalue weighted by atomic mass is 15.1. The molecule has 18 heavy (non-hydrogen) atoms. The van der Waals surface area contributed by atoms with E-state index in [1.54, 1.807) is 0 Å². The van der Waals surface area contributed by atoms with Gasteiger partial charge in [0, 0.05) is 11.0 Å². The van der Waals surface area contributed by atoms with Crippen LogP contribution in [-0.4, -0.2) is 6.04 Å². The van der Waals surface area contributed by atoms with E-state index < -0.39 is 0 Å². The van der Waals surface area contributed by atoms with Crippen LogP contribution in [0.25, 0.3) is 21.6 Å². The summed E-state index contributed by atoms with van der Waals surface area (Å²) in [6.45, 7) is 1.92. The van der Waals surface area contributed by atoms with Crippen molar-refractivity contribution in [2.24, 2.45) is 5.11 Å². The molecule has 0 aromatic heterocycles. The summed E-state index contributed by atoms with van der Waals surface area (Å²) in [5.74, 6) is 0. The van der Waals surface area contributed by atoms with Crippen LogP contribution in [0.4, 0.5) is 0 Å². The molecule has 0 bridgehead atoms. The Bertz CT molecular complexity index is 540. The van der Waals surface area contributed by atoms with Gasteiger partial charge in [-0.15, -0.1) is 0 Å². The molecule has 0 radical (unpaired) electrons. The van der Waals surface area contributed by atoms with E-state index in [-0.39, 0.29) is 6.04 Å². The average Bonchev–Trinajstić information content (AvgIpc) is 2.41. The lowest BCUT2D eigenvalue weighted by Gasteiger charge is -2.06. The van der Waals surface area contributed by atoms with Gasteiger partial charge in [0.15, 0.2) is 0 Å². The number of hydrogen-bond acceptors (Lipinski definition) is 1. The van der Waals surface area contributed by atoms with Gasteiger partial charge in [0.25, 0.3) is 0 Å². The fourth-order valence-electron chi connectivity index (χ4n) is 1.93. The van der Waals surface area contributed by atoms with Crippen molar-refractivity contribution < 1.29 is 0 Å². The van der Waals surface area contributed by atoms with E-state index in [4.69, 9.17) is 5.53 Å². The normalized spacial score (nSPS) is 11.6. The molecule has 90 valence electrons. The highest BCUT2D eigenvalue weighted by Gasteiger charge is 2.01. The van der Waals surface area contributed by atoms with Gasteiger partial charge in [-0.2, -0.15) is 0 Å². The van der Waals surface area contributed by atoms with Crippen molar-refractivity contribution in [3.63, 3.8) is 0 Å². The highest BCUT2D eigenvalue weighted by Crippen LogP contribution is 2.19. The summed E-state index contributed by atoms with van der Waals surface area (Å²) < 4.78 is 0. The molecule has 2 aromatic carbocycles. The Morgan fingerprint density at radius 3 is 2.22 bits per heavy atom. The largest absolute Gasteiger partial charge is 0.0906 e. The molecule has 0 saturated heterocycles. The number of azide groups is 1. The molecule has 0 aliphatic heterocycles. The highest BCUT2D eigenvalue weighted by molar-refractivity contribution is 5.63. The second-order valence-corrected chi connectivity index (χ2v) is 4.32. The first kappa shape index (κ1) is 12.2. The lowest BCUT2D eigenvalue weighted by molar-refractivity contribution is 0.731. The van der Waals surface area contributed by atoms with Gasteiger partial charge in [0.1, 0.15) is 0 Å². The molecule has 0 N–H and O–H groups in total. The molecular formula is C15H15N3. The molecule has 0 amide bonds. The van der Waals surface area contributed by atoms with Gasteiger partial charge < -0.3 is 0 Å². The minimum Gasteiger partial charge on any atom is -0.0906 e. The third kappa shape index (κ3) is 3.12. The maximum atomic E-state index is 8.37. The van der Waals surface area contributed by atoms with Gasteiger partial charge in [0.05, 0.1) is 0 Å². The van der Waals surface area contributed by atoms with Crippen molar-refractivity contribution in [3.8, 4) is 11.1 Å². The summed E-state index contributed by atoms with van der Waals surface area (Å²) in [4.78, 5) is 2.82. The molecule has 0 aliphatic rings. The molecule has 0 fully saturated rings. The maximum Gasteiger partial charge on any atom is 0.0386 e. The Morgan fingerprint density at radius 2 is 1.61 bits per heavy atom. The van der Waals surface area contributed by atoms with E-state index in [9.17, 15) is 0 Å². The van der Waals surface area contributed by atoms with E-state index in [0.29, 0.717) is 0 Å². The van der Waals surface area contributed by atoms with Crippen LogP contribution in [-0.2, 0) is 6.42 Å². The molecule has 2 rings (SSSR count). The van der Waals surface area contributed by atoms with Crippen LogP contribution < -0.4 is 0 Å². The van der Waals surface area contributed by atoms with Gasteiger partial charge >= 0.3 is 0 Å². The fourth-order valence-corrected chi connectivity index (χ4v) is 1.93. The third-order valence-corrected chi connectivity index (χ3v) is 2.84. The molecule has 0 spiro atoms. The quantitative estimate of drug-likeness (QED) is 0.424. The van der Waals surface area contributed by atoms with Crippen molar-refractivity contribution in [2.45, 2.75) is 19.4 Å². The fraction of sp³-hybridized carbons (Fsp3) is 0.200. The number of hydrogen-bond donors (Lipinski definition) is 0. The summed E-state index contributed by atoms with van der Waals surface area (Å²) >= 11 is 0. The number of rotatable bonds is 4. The summed E-state index contributed by atoms with van der Waals surface area (Å²) in [5.41, 5.74) is 12.0. The topological polar surface area (TPSA) is 48.8 Å². The predicted octanol–water partition coefficient (Wildman–Crippen LogP) is 4.59. The Labute approximate surface area is 107 Å². The first-order valence-electron chi connectivity index (χ1n) is 5.98. The maximum absolute atomic E-state index is 8.37. The zero-order valence-electron chi connectivity index (χ0n) is 10.3. The summed E-state index contributed by atoms with van der Waals surface area (Å²) in [6, 6.07) is 18.7. The molecule has 0 heterocycles.